The second-order valence-electron chi connectivity index (χ2n) is 4.93. The van der Waals surface area contributed by atoms with Crippen LogP contribution in [-0.4, -0.2) is 29.1 Å². The maximum atomic E-state index is 4.59. The summed E-state index contributed by atoms with van der Waals surface area (Å²) in [7, 11) is 0. The Morgan fingerprint density at radius 2 is 1.94 bits per heavy atom. The Morgan fingerprint density at radius 3 is 2.47 bits per heavy atom. The van der Waals surface area contributed by atoms with Gasteiger partial charge in [-0.2, -0.15) is 0 Å². The van der Waals surface area contributed by atoms with Crippen molar-refractivity contribution in [3.05, 3.63) is 12.4 Å². The van der Waals surface area contributed by atoms with Crippen molar-refractivity contribution in [2.75, 3.05) is 23.3 Å². The van der Waals surface area contributed by atoms with Crippen LogP contribution in [-0.2, 0) is 0 Å². The molecule has 0 amide bonds. The van der Waals surface area contributed by atoms with Crippen LogP contribution in [0.25, 0.3) is 0 Å². The standard InChI is InChI=1S/C13H24N4/c1-6-15-12-7-14-8-13(16-12)17(11(4)5)9-10(2)3/h7-8,10-11H,6,9H2,1-5H3,(H,15,16). The van der Waals surface area contributed by atoms with Crippen LogP contribution in [0.4, 0.5) is 11.6 Å². The normalized spacial score (nSPS) is 11.0. The van der Waals surface area contributed by atoms with Crippen molar-refractivity contribution in [3.63, 3.8) is 0 Å². The zero-order valence-electron chi connectivity index (χ0n) is 11.6. The third-order valence-corrected chi connectivity index (χ3v) is 2.46. The fourth-order valence-electron chi connectivity index (χ4n) is 1.72. The summed E-state index contributed by atoms with van der Waals surface area (Å²) < 4.78 is 0. The van der Waals surface area contributed by atoms with Gasteiger partial charge >= 0.3 is 0 Å². The summed E-state index contributed by atoms with van der Waals surface area (Å²) >= 11 is 0. The number of hydrogen-bond acceptors (Lipinski definition) is 4. The smallest absolute Gasteiger partial charge is 0.149 e. The number of nitrogens with zero attached hydrogens (tertiary/aromatic N) is 3. The molecule has 0 spiro atoms. The molecule has 0 aromatic carbocycles. The topological polar surface area (TPSA) is 41.1 Å². The minimum atomic E-state index is 0.434. The molecule has 96 valence electrons. The van der Waals surface area contributed by atoms with E-state index in [-0.39, 0.29) is 0 Å². The summed E-state index contributed by atoms with van der Waals surface area (Å²) in [4.78, 5) is 11.1. The van der Waals surface area contributed by atoms with E-state index in [4.69, 9.17) is 0 Å². The van der Waals surface area contributed by atoms with Crippen LogP contribution in [0.5, 0.6) is 0 Å². The first kappa shape index (κ1) is 13.7. The largest absolute Gasteiger partial charge is 0.369 e. The zero-order valence-corrected chi connectivity index (χ0v) is 11.6. The van der Waals surface area contributed by atoms with Gasteiger partial charge in [0.05, 0.1) is 12.4 Å². The van der Waals surface area contributed by atoms with Gasteiger partial charge in [0.2, 0.25) is 0 Å². The molecule has 0 atom stereocenters. The number of rotatable bonds is 6. The Hall–Kier alpha value is -1.32. The molecule has 1 heterocycles. The Kier molecular flexibility index (Phi) is 5.19. The van der Waals surface area contributed by atoms with Crippen LogP contribution < -0.4 is 10.2 Å². The Balaban J connectivity index is 2.89. The molecule has 4 nitrogen and oxygen atoms in total. The van der Waals surface area contributed by atoms with Crippen molar-refractivity contribution in [2.24, 2.45) is 5.92 Å². The van der Waals surface area contributed by atoms with Crippen LogP contribution in [0, 0.1) is 5.92 Å². The fourth-order valence-corrected chi connectivity index (χ4v) is 1.72. The summed E-state index contributed by atoms with van der Waals surface area (Å²) in [6, 6.07) is 0.434. The second kappa shape index (κ2) is 6.42. The van der Waals surface area contributed by atoms with E-state index in [1.165, 1.54) is 0 Å². The lowest BCUT2D eigenvalue weighted by molar-refractivity contribution is 0.565. The summed E-state index contributed by atoms with van der Waals surface area (Å²) in [6.45, 7) is 12.7. The number of nitrogens with one attached hydrogen (secondary N) is 1. The average molecular weight is 236 g/mol. The highest BCUT2D eigenvalue weighted by atomic mass is 15.2. The quantitative estimate of drug-likeness (QED) is 0.824. The SMILES string of the molecule is CCNc1cncc(N(CC(C)C)C(C)C)n1. The maximum absolute atomic E-state index is 4.59. The first-order valence-corrected chi connectivity index (χ1v) is 6.37. The Labute approximate surface area is 104 Å². The Morgan fingerprint density at radius 1 is 1.24 bits per heavy atom. The molecule has 0 aliphatic heterocycles. The van der Waals surface area contributed by atoms with Crippen molar-refractivity contribution < 1.29 is 0 Å². The lowest BCUT2D eigenvalue weighted by Crippen LogP contribution is -2.35. The van der Waals surface area contributed by atoms with Crippen molar-refractivity contribution in [1.29, 1.82) is 0 Å². The van der Waals surface area contributed by atoms with E-state index in [0.29, 0.717) is 12.0 Å². The number of aromatic nitrogens is 2. The fraction of sp³-hybridized carbons (Fsp3) is 0.692. The molecule has 4 heteroatoms. The minimum Gasteiger partial charge on any atom is -0.369 e. The van der Waals surface area contributed by atoms with Crippen molar-refractivity contribution >= 4 is 11.6 Å². The molecule has 1 aromatic rings. The van der Waals surface area contributed by atoms with E-state index in [1.54, 1.807) is 6.20 Å². The highest BCUT2D eigenvalue weighted by Gasteiger charge is 2.14. The molecule has 17 heavy (non-hydrogen) atoms. The summed E-state index contributed by atoms with van der Waals surface area (Å²) in [6.07, 6.45) is 3.60. The number of anilines is 2. The van der Waals surface area contributed by atoms with Gasteiger partial charge in [-0.1, -0.05) is 13.8 Å². The third-order valence-electron chi connectivity index (χ3n) is 2.46. The molecular formula is C13H24N4. The zero-order chi connectivity index (χ0) is 12.8. The van der Waals surface area contributed by atoms with Gasteiger partial charge in [0, 0.05) is 19.1 Å². The van der Waals surface area contributed by atoms with Gasteiger partial charge in [-0.05, 0) is 26.7 Å². The summed E-state index contributed by atoms with van der Waals surface area (Å²) in [5.41, 5.74) is 0. The van der Waals surface area contributed by atoms with Gasteiger partial charge in [0.15, 0.2) is 0 Å². The predicted octanol–water partition coefficient (Wildman–Crippen LogP) is 2.78. The highest BCUT2D eigenvalue weighted by molar-refractivity contribution is 5.44. The van der Waals surface area contributed by atoms with E-state index in [9.17, 15) is 0 Å². The molecule has 0 saturated heterocycles. The summed E-state index contributed by atoms with van der Waals surface area (Å²) in [5, 5.41) is 3.19. The predicted molar refractivity (Wildman–Crippen MR) is 73.5 cm³/mol. The van der Waals surface area contributed by atoms with Crippen LogP contribution in [0.15, 0.2) is 12.4 Å². The molecule has 1 rings (SSSR count). The van der Waals surface area contributed by atoms with Crippen LogP contribution in [0.2, 0.25) is 0 Å². The van der Waals surface area contributed by atoms with E-state index >= 15 is 0 Å². The van der Waals surface area contributed by atoms with Gasteiger partial charge < -0.3 is 10.2 Å². The minimum absolute atomic E-state index is 0.434. The average Bonchev–Trinajstić information content (AvgIpc) is 2.26. The van der Waals surface area contributed by atoms with E-state index in [1.807, 2.05) is 6.20 Å². The first-order chi connectivity index (χ1) is 8.04. The van der Waals surface area contributed by atoms with Gasteiger partial charge in [-0.25, -0.2) is 4.98 Å². The van der Waals surface area contributed by atoms with Gasteiger partial charge in [-0.3, -0.25) is 4.98 Å². The van der Waals surface area contributed by atoms with Crippen molar-refractivity contribution in [2.45, 2.75) is 40.7 Å². The lowest BCUT2D eigenvalue weighted by Gasteiger charge is -2.29. The van der Waals surface area contributed by atoms with Gasteiger partial charge in [-0.15, -0.1) is 0 Å². The van der Waals surface area contributed by atoms with Crippen molar-refractivity contribution in [1.82, 2.24) is 9.97 Å². The lowest BCUT2D eigenvalue weighted by atomic mass is 10.2. The molecule has 0 radical (unpaired) electrons. The Bertz CT molecular complexity index is 336. The van der Waals surface area contributed by atoms with E-state index in [2.05, 4.69) is 54.8 Å². The molecular weight excluding hydrogens is 212 g/mol. The number of hydrogen-bond donors (Lipinski definition) is 1. The molecule has 0 aliphatic carbocycles. The van der Waals surface area contributed by atoms with Crippen LogP contribution >= 0.6 is 0 Å². The second-order valence-corrected chi connectivity index (χ2v) is 4.93. The van der Waals surface area contributed by atoms with Gasteiger partial charge in [0.25, 0.3) is 0 Å². The molecule has 0 unspecified atom stereocenters. The molecule has 0 aliphatic rings. The molecule has 0 fully saturated rings. The van der Waals surface area contributed by atoms with Crippen molar-refractivity contribution in [3.8, 4) is 0 Å². The first-order valence-electron chi connectivity index (χ1n) is 6.37. The van der Waals surface area contributed by atoms with E-state index < -0.39 is 0 Å². The highest BCUT2D eigenvalue weighted by Crippen LogP contribution is 2.16. The monoisotopic (exact) mass is 236 g/mol. The van der Waals surface area contributed by atoms with Crippen LogP contribution in [0.3, 0.4) is 0 Å². The van der Waals surface area contributed by atoms with E-state index in [0.717, 1.165) is 24.7 Å². The molecule has 1 N–H and O–H groups in total. The molecule has 0 saturated carbocycles. The maximum Gasteiger partial charge on any atom is 0.149 e. The van der Waals surface area contributed by atoms with Crippen LogP contribution in [0.1, 0.15) is 34.6 Å². The molecule has 0 bridgehead atoms. The van der Waals surface area contributed by atoms with Gasteiger partial charge in [0.1, 0.15) is 11.6 Å². The molecule has 1 aromatic heterocycles. The third kappa shape index (κ3) is 4.21. The summed E-state index contributed by atoms with van der Waals surface area (Å²) in [5.74, 6) is 2.41.